The van der Waals surface area contributed by atoms with Gasteiger partial charge in [-0.25, -0.2) is 8.42 Å². The number of ether oxygens (including phenoxy) is 2. The molecule has 31 heavy (non-hydrogen) atoms. The lowest BCUT2D eigenvalue weighted by atomic mass is 10.0. The van der Waals surface area contributed by atoms with Crippen molar-refractivity contribution in [3.8, 4) is 5.75 Å². The van der Waals surface area contributed by atoms with Crippen LogP contribution in [0.5, 0.6) is 5.75 Å². The summed E-state index contributed by atoms with van der Waals surface area (Å²) < 4.78 is 38.1. The van der Waals surface area contributed by atoms with E-state index in [1.807, 2.05) is 42.5 Å². The Hall–Kier alpha value is -2.94. The van der Waals surface area contributed by atoms with Crippen molar-refractivity contribution in [1.82, 2.24) is 4.31 Å². The van der Waals surface area contributed by atoms with Gasteiger partial charge in [0.1, 0.15) is 10.6 Å². The molecule has 0 bridgehead atoms. The number of morpholine rings is 1. The quantitative estimate of drug-likeness (QED) is 0.637. The van der Waals surface area contributed by atoms with Gasteiger partial charge in [0.2, 0.25) is 15.9 Å². The number of hydrogen-bond donors (Lipinski definition) is 1. The van der Waals surface area contributed by atoms with Gasteiger partial charge in [0.15, 0.2) is 0 Å². The smallest absolute Gasteiger partial charge is 0.246 e. The number of nitrogens with zero attached hydrogens (tertiary/aromatic N) is 1. The standard InChI is InChI=1S/C23H24N2O5S/c1-29-21-9-8-20(16-22(21)31(27,28)25-10-12-30-13-11-25)24-23(26)15-17-6-7-18-4-2-3-5-19(18)14-17/h2-9,14,16H,10-13,15H2,1H3,(H,24,26). The molecule has 1 aliphatic rings. The highest BCUT2D eigenvalue weighted by Crippen LogP contribution is 2.30. The lowest BCUT2D eigenvalue weighted by molar-refractivity contribution is -0.115. The average Bonchev–Trinajstić information content (AvgIpc) is 2.79. The molecular weight excluding hydrogens is 416 g/mol. The number of carbonyl (C=O) groups is 1. The molecule has 1 fully saturated rings. The Morgan fingerprint density at radius 2 is 1.77 bits per heavy atom. The number of carbonyl (C=O) groups excluding carboxylic acids is 1. The topological polar surface area (TPSA) is 84.9 Å². The van der Waals surface area contributed by atoms with E-state index in [4.69, 9.17) is 9.47 Å². The zero-order chi connectivity index (χ0) is 21.8. The number of anilines is 1. The molecule has 0 spiro atoms. The number of nitrogens with one attached hydrogen (secondary N) is 1. The molecule has 1 N–H and O–H groups in total. The van der Waals surface area contributed by atoms with Crippen molar-refractivity contribution in [3.63, 3.8) is 0 Å². The van der Waals surface area contributed by atoms with Gasteiger partial charge in [0, 0.05) is 18.8 Å². The van der Waals surface area contributed by atoms with E-state index in [2.05, 4.69) is 5.32 Å². The van der Waals surface area contributed by atoms with Gasteiger partial charge in [-0.15, -0.1) is 0 Å². The Kier molecular flexibility index (Phi) is 6.22. The summed E-state index contributed by atoms with van der Waals surface area (Å²) in [6.45, 7) is 1.27. The van der Waals surface area contributed by atoms with E-state index in [0.29, 0.717) is 18.9 Å². The van der Waals surface area contributed by atoms with E-state index < -0.39 is 10.0 Å². The van der Waals surface area contributed by atoms with E-state index in [9.17, 15) is 13.2 Å². The SMILES string of the molecule is COc1ccc(NC(=O)Cc2ccc3ccccc3c2)cc1S(=O)(=O)N1CCOCC1. The highest BCUT2D eigenvalue weighted by molar-refractivity contribution is 7.89. The van der Waals surface area contributed by atoms with Gasteiger partial charge < -0.3 is 14.8 Å². The molecule has 3 aromatic rings. The number of sulfonamides is 1. The Labute approximate surface area is 181 Å². The summed E-state index contributed by atoms with van der Waals surface area (Å²) in [5.74, 6) is 0.00851. The zero-order valence-corrected chi connectivity index (χ0v) is 18.0. The van der Waals surface area contributed by atoms with Crippen LogP contribution in [0.1, 0.15) is 5.56 Å². The van der Waals surface area contributed by atoms with E-state index in [1.165, 1.54) is 17.5 Å². The van der Waals surface area contributed by atoms with Crippen LogP contribution in [-0.2, 0) is 26.0 Å². The Morgan fingerprint density at radius 1 is 1.03 bits per heavy atom. The largest absolute Gasteiger partial charge is 0.495 e. The van der Waals surface area contributed by atoms with Crippen LogP contribution in [0.3, 0.4) is 0 Å². The first kappa shape index (κ1) is 21.3. The van der Waals surface area contributed by atoms with Crippen molar-refractivity contribution in [2.24, 2.45) is 0 Å². The van der Waals surface area contributed by atoms with Crippen molar-refractivity contribution in [3.05, 3.63) is 66.2 Å². The molecule has 0 aliphatic carbocycles. The minimum atomic E-state index is -3.77. The molecule has 1 aliphatic heterocycles. The van der Waals surface area contributed by atoms with Gasteiger partial charge in [0.25, 0.3) is 0 Å². The lowest BCUT2D eigenvalue weighted by Gasteiger charge is -2.26. The molecule has 0 unspecified atom stereocenters. The van der Waals surface area contributed by atoms with Crippen LogP contribution in [0.4, 0.5) is 5.69 Å². The minimum Gasteiger partial charge on any atom is -0.495 e. The molecule has 1 amide bonds. The van der Waals surface area contributed by atoms with E-state index >= 15 is 0 Å². The summed E-state index contributed by atoms with van der Waals surface area (Å²) in [7, 11) is -2.35. The third-order valence-electron chi connectivity index (χ3n) is 5.21. The van der Waals surface area contributed by atoms with Crippen LogP contribution in [-0.4, -0.2) is 52.0 Å². The van der Waals surface area contributed by atoms with Gasteiger partial charge in [0.05, 0.1) is 26.7 Å². The second-order valence-corrected chi connectivity index (χ2v) is 9.19. The van der Waals surface area contributed by atoms with E-state index in [0.717, 1.165) is 16.3 Å². The molecule has 0 aromatic heterocycles. The number of amides is 1. The molecule has 162 valence electrons. The van der Waals surface area contributed by atoms with Crippen LogP contribution in [0, 0.1) is 0 Å². The van der Waals surface area contributed by atoms with Crippen LogP contribution in [0.15, 0.2) is 65.6 Å². The average molecular weight is 441 g/mol. The maximum absolute atomic E-state index is 13.1. The first-order chi connectivity index (χ1) is 15.0. The highest BCUT2D eigenvalue weighted by atomic mass is 32.2. The summed E-state index contributed by atoms with van der Waals surface area (Å²) in [6.07, 6.45) is 0.183. The summed E-state index contributed by atoms with van der Waals surface area (Å²) >= 11 is 0. The van der Waals surface area contributed by atoms with Crippen molar-refractivity contribution < 1.29 is 22.7 Å². The highest BCUT2D eigenvalue weighted by Gasteiger charge is 2.29. The van der Waals surface area contributed by atoms with E-state index in [1.54, 1.807) is 12.1 Å². The number of fused-ring (bicyclic) bond motifs is 1. The predicted octanol–water partition coefficient (Wildman–Crippen LogP) is 3.05. The Balaban J connectivity index is 1.53. The van der Waals surface area contributed by atoms with Gasteiger partial charge in [-0.1, -0.05) is 42.5 Å². The van der Waals surface area contributed by atoms with Crippen LogP contribution < -0.4 is 10.1 Å². The third-order valence-corrected chi connectivity index (χ3v) is 7.13. The van der Waals surface area contributed by atoms with Crippen LogP contribution in [0.2, 0.25) is 0 Å². The third kappa shape index (κ3) is 4.71. The normalized spacial score (nSPS) is 15.0. The molecule has 3 aromatic carbocycles. The van der Waals surface area contributed by atoms with Crippen molar-refractivity contribution in [2.45, 2.75) is 11.3 Å². The second-order valence-electron chi connectivity index (χ2n) is 7.29. The number of hydrogen-bond acceptors (Lipinski definition) is 5. The van der Waals surface area contributed by atoms with E-state index in [-0.39, 0.29) is 36.1 Å². The Bertz CT molecular complexity index is 1200. The molecule has 8 heteroatoms. The summed E-state index contributed by atoms with van der Waals surface area (Å²) in [5, 5.41) is 4.98. The van der Waals surface area contributed by atoms with Gasteiger partial charge in [-0.2, -0.15) is 4.31 Å². The maximum Gasteiger partial charge on any atom is 0.246 e. The monoisotopic (exact) mass is 440 g/mol. The van der Waals surface area contributed by atoms with Gasteiger partial charge in [-0.3, -0.25) is 4.79 Å². The molecule has 7 nitrogen and oxygen atoms in total. The summed E-state index contributed by atoms with van der Waals surface area (Å²) in [4.78, 5) is 12.6. The predicted molar refractivity (Wildman–Crippen MR) is 119 cm³/mol. The van der Waals surface area contributed by atoms with Crippen LogP contribution in [0.25, 0.3) is 10.8 Å². The number of rotatable bonds is 6. The summed E-state index contributed by atoms with van der Waals surface area (Å²) in [5.41, 5.74) is 1.28. The van der Waals surface area contributed by atoms with Crippen molar-refractivity contribution >= 4 is 32.4 Å². The molecule has 1 heterocycles. The molecule has 1 saturated heterocycles. The fraction of sp³-hybridized carbons (Fsp3) is 0.261. The fourth-order valence-electron chi connectivity index (χ4n) is 3.62. The first-order valence-corrected chi connectivity index (χ1v) is 11.4. The first-order valence-electron chi connectivity index (χ1n) is 10.0. The lowest BCUT2D eigenvalue weighted by Crippen LogP contribution is -2.40. The van der Waals surface area contributed by atoms with Crippen LogP contribution >= 0.6 is 0 Å². The zero-order valence-electron chi connectivity index (χ0n) is 17.2. The van der Waals surface area contributed by atoms with Gasteiger partial charge in [-0.05, 0) is 34.5 Å². The molecule has 4 rings (SSSR count). The second kappa shape index (κ2) is 9.05. The van der Waals surface area contributed by atoms with Crippen molar-refractivity contribution in [2.75, 3.05) is 38.7 Å². The minimum absolute atomic E-state index is 0.0282. The maximum atomic E-state index is 13.1. The molecule has 0 atom stereocenters. The number of benzene rings is 3. The van der Waals surface area contributed by atoms with Crippen molar-refractivity contribution in [1.29, 1.82) is 0 Å². The Morgan fingerprint density at radius 3 is 2.52 bits per heavy atom. The fourth-order valence-corrected chi connectivity index (χ4v) is 5.21. The molecule has 0 saturated carbocycles. The summed E-state index contributed by atoms with van der Waals surface area (Å²) in [6, 6.07) is 18.5. The molecule has 0 radical (unpaired) electrons. The number of methoxy groups -OCH3 is 1. The molecular formula is C23H24N2O5S. The van der Waals surface area contributed by atoms with Gasteiger partial charge >= 0.3 is 0 Å².